The Morgan fingerprint density at radius 2 is 1.32 bits per heavy atom. The van der Waals surface area contributed by atoms with Gasteiger partial charge >= 0.3 is 6.03 Å². The van der Waals surface area contributed by atoms with Crippen molar-refractivity contribution in [2.45, 2.75) is 81.6 Å². The molecule has 3 aliphatic rings. The summed E-state index contributed by atoms with van der Waals surface area (Å²) in [5.41, 5.74) is 3.40. The lowest BCUT2D eigenvalue weighted by atomic mass is 9.81. The number of aliphatic hydroxyl groups is 1. The Bertz CT molecular complexity index is 1240. The van der Waals surface area contributed by atoms with E-state index in [1.165, 1.54) is 43.1 Å². The lowest BCUT2D eigenvalue weighted by Crippen LogP contribution is -3.00. The van der Waals surface area contributed by atoms with Gasteiger partial charge in [0.1, 0.15) is 17.7 Å². The molecule has 6 heteroatoms. The molecule has 1 unspecified atom stereocenters. The van der Waals surface area contributed by atoms with Crippen molar-refractivity contribution in [1.82, 2.24) is 10.6 Å². The monoisotopic (exact) mass is 665 g/mol. The molecular formula is C35H44IN3O2. The molecule has 3 N–H and O–H groups in total. The Balaban J connectivity index is 0.00000337. The Kier molecular flexibility index (Phi) is 9.12. The number of halogens is 1. The Labute approximate surface area is 262 Å². The van der Waals surface area contributed by atoms with Crippen molar-refractivity contribution in [1.29, 1.82) is 0 Å². The van der Waals surface area contributed by atoms with E-state index in [1.807, 2.05) is 67.6 Å². The molecule has 1 saturated carbocycles. The second-order valence-corrected chi connectivity index (χ2v) is 12.7. The molecule has 0 spiro atoms. The van der Waals surface area contributed by atoms with Crippen LogP contribution in [0.25, 0.3) is 0 Å². The molecule has 4 atom stereocenters. The highest BCUT2D eigenvalue weighted by atomic mass is 127. The van der Waals surface area contributed by atoms with Gasteiger partial charge < -0.3 is 44.2 Å². The quantitative estimate of drug-likeness (QED) is 0.255. The van der Waals surface area contributed by atoms with Gasteiger partial charge in [0, 0.05) is 30.0 Å². The molecule has 2 aliphatic heterocycles. The number of rotatable bonds is 8. The molecule has 3 aromatic rings. The van der Waals surface area contributed by atoms with Gasteiger partial charge in [-0.15, -0.1) is 0 Å². The van der Waals surface area contributed by atoms with E-state index in [0.717, 1.165) is 29.9 Å². The van der Waals surface area contributed by atoms with E-state index in [-0.39, 0.29) is 36.0 Å². The number of nitrogens with one attached hydrogen (secondary N) is 2. The summed E-state index contributed by atoms with van der Waals surface area (Å²) in [5.74, 6) is 0.736. The molecule has 5 nitrogen and oxygen atoms in total. The molecular weight excluding hydrogens is 621 g/mol. The summed E-state index contributed by atoms with van der Waals surface area (Å²) in [6, 6.07) is 29.2. The Morgan fingerprint density at radius 3 is 1.83 bits per heavy atom. The van der Waals surface area contributed by atoms with Crippen LogP contribution in [0.15, 0.2) is 84.9 Å². The maximum atomic E-state index is 13.1. The fraction of sp³-hybridized carbons (Fsp3) is 0.457. The normalized spacial score (nSPS) is 27.4. The topological polar surface area (TPSA) is 61.4 Å². The fourth-order valence-electron chi connectivity index (χ4n) is 8.13. The second kappa shape index (κ2) is 12.4. The molecule has 2 fully saturated rings. The van der Waals surface area contributed by atoms with Crippen molar-refractivity contribution in [3.05, 3.63) is 107 Å². The lowest BCUT2D eigenvalue weighted by molar-refractivity contribution is -0.948. The maximum absolute atomic E-state index is 13.1. The number of carbonyl (C=O) groups is 1. The number of nitrogens with zero attached hydrogens (tertiary/aromatic N) is 1. The number of fused-ring (bicyclic) bond motifs is 5. The average Bonchev–Trinajstić information content (AvgIpc) is 3.45. The number of benzene rings is 3. The van der Waals surface area contributed by atoms with Crippen LogP contribution in [0.2, 0.25) is 0 Å². The third-order valence-corrected chi connectivity index (χ3v) is 10.5. The number of amides is 2. The third kappa shape index (κ3) is 5.67. The molecule has 218 valence electrons. The molecule has 2 bridgehead atoms. The lowest BCUT2D eigenvalue weighted by Gasteiger charge is -2.38. The van der Waals surface area contributed by atoms with Crippen LogP contribution in [0.4, 0.5) is 4.79 Å². The standard InChI is InChI=1S/C35H43N3O2.HI/c1-25(35(40,27-11-5-3-6-12-27)28-13-7-4-8-14-28)36-34(39)37-29-19-17-26(18-20-29)23-24-38(2)32-21-22-33(38)31-16-10-9-15-30(31)32;/h3-16,25-26,29,32-33,40H,17-24H2,1-2H3,(H-,36,37,39);1H/t25-,26-,29-,32-,33+,38?;/m0./s1. The van der Waals surface area contributed by atoms with E-state index in [1.54, 1.807) is 11.1 Å². The van der Waals surface area contributed by atoms with E-state index >= 15 is 0 Å². The van der Waals surface area contributed by atoms with E-state index in [0.29, 0.717) is 12.1 Å². The molecule has 2 heterocycles. The number of carbonyl (C=O) groups excluding carboxylic acids is 1. The predicted octanol–water partition coefficient (Wildman–Crippen LogP) is 3.60. The molecule has 1 saturated heterocycles. The largest absolute Gasteiger partial charge is 1.00 e. The van der Waals surface area contributed by atoms with Crippen LogP contribution in [0, 0.1) is 5.92 Å². The number of urea groups is 1. The fourth-order valence-corrected chi connectivity index (χ4v) is 8.13. The summed E-state index contributed by atoms with van der Waals surface area (Å²) in [5, 5.41) is 18.2. The smallest absolute Gasteiger partial charge is 0.315 e. The van der Waals surface area contributed by atoms with Gasteiger partial charge in [-0.25, -0.2) is 4.79 Å². The number of quaternary nitrogens is 1. The zero-order chi connectivity index (χ0) is 27.7. The Hall–Kier alpha value is -2.42. The first-order chi connectivity index (χ1) is 19.4. The first-order valence-corrected chi connectivity index (χ1v) is 15.2. The minimum atomic E-state index is -1.33. The van der Waals surface area contributed by atoms with Crippen LogP contribution >= 0.6 is 0 Å². The average molecular weight is 666 g/mol. The van der Waals surface area contributed by atoms with Crippen molar-refractivity contribution in [2.75, 3.05) is 13.6 Å². The molecule has 2 amide bonds. The predicted molar refractivity (Wildman–Crippen MR) is 160 cm³/mol. The van der Waals surface area contributed by atoms with Crippen molar-refractivity contribution in [3.63, 3.8) is 0 Å². The minimum Gasteiger partial charge on any atom is -1.00 e. The minimum absolute atomic E-state index is 0. The highest BCUT2D eigenvalue weighted by Crippen LogP contribution is 2.57. The first kappa shape index (κ1) is 30.1. The van der Waals surface area contributed by atoms with Crippen LogP contribution in [0.3, 0.4) is 0 Å². The molecule has 6 rings (SSSR count). The van der Waals surface area contributed by atoms with E-state index in [4.69, 9.17) is 0 Å². The third-order valence-electron chi connectivity index (χ3n) is 10.5. The van der Waals surface area contributed by atoms with Crippen molar-refractivity contribution in [2.24, 2.45) is 5.92 Å². The zero-order valence-electron chi connectivity index (χ0n) is 24.3. The molecule has 1 aliphatic carbocycles. The van der Waals surface area contributed by atoms with Crippen molar-refractivity contribution in [3.8, 4) is 0 Å². The van der Waals surface area contributed by atoms with Gasteiger partial charge in [0.05, 0.1) is 19.6 Å². The SMILES string of the molecule is C[C@H](NC(=O)N[C@H]1CC[C@H](CC[N+]2(C)[C@@H]3CC[C@H]2c2ccccc23)CC1)C(O)(c1ccccc1)c1ccccc1.[I-]. The van der Waals surface area contributed by atoms with Crippen LogP contribution < -0.4 is 34.6 Å². The van der Waals surface area contributed by atoms with Crippen LogP contribution in [0.1, 0.15) is 86.2 Å². The summed E-state index contributed by atoms with van der Waals surface area (Å²) in [6.07, 6.45) is 8.30. The number of hydrogen-bond acceptors (Lipinski definition) is 2. The van der Waals surface area contributed by atoms with Gasteiger partial charge in [0.2, 0.25) is 0 Å². The van der Waals surface area contributed by atoms with Gasteiger partial charge in [0.15, 0.2) is 0 Å². The molecule has 0 radical (unpaired) electrons. The van der Waals surface area contributed by atoms with Gasteiger partial charge in [-0.1, -0.05) is 84.9 Å². The van der Waals surface area contributed by atoms with Crippen LogP contribution in [-0.2, 0) is 5.60 Å². The highest BCUT2D eigenvalue weighted by molar-refractivity contribution is 5.75. The summed E-state index contributed by atoms with van der Waals surface area (Å²) in [7, 11) is 2.49. The maximum Gasteiger partial charge on any atom is 0.315 e. The molecule has 3 aromatic carbocycles. The molecule has 41 heavy (non-hydrogen) atoms. The summed E-state index contributed by atoms with van der Waals surface area (Å²) >= 11 is 0. The highest BCUT2D eigenvalue weighted by Gasteiger charge is 2.54. The van der Waals surface area contributed by atoms with E-state index < -0.39 is 11.6 Å². The summed E-state index contributed by atoms with van der Waals surface area (Å²) < 4.78 is 1.20. The van der Waals surface area contributed by atoms with Crippen molar-refractivity contribution < 1.29 is 38.4 Å². The Morgan fingerprint density at radius 1 is 0.829 bits per heavy atom. The van der Waals surface area contributed by atoms with Gasteiger partial charge in [0.25, 0.3) is 0 Å². The van der Waals surface area contributed by atoms with Crippen molar-refractivity contribution >= 4 is 6.03 Å². The summed E-state index contributed by atoms with van der Waals surface area (Å²) in [4.78, 5) is 13.1. The second-order valence-electron chi connectivity index (χ2n) is 12.7. The van der Waals surface area contributed by atoms with Gasteiger partial charge in [-0.05, 0) is 56.1 Å². The van der Waals surface area contributed by atoms with E-state index in [9.17, 15) is 9.90 Å². The van der Waals surface area contributed by atoms with E-state index in [2.05, 4.69) is 41.9 Å². The van der Waals surface area contributed by atoms with Crippen LogP contribution in [-0.4, -0.2) is 41.3 Å². The first-order valence-electron chi connectivity index (χ1n) is 15.2. The summed E-state index contributed by atoms with van der Waals surface area (Å²) in [6.45, 7) is 3.13. The van der Waals surface area contributed by atoms with Gasteiger partial charge in [-0.2, -0.15) is 0 Å². The number of hydrogen-bond donors (Lipinski definition) is 3. The zero-order valence-corrected chi connectivity index (χ0v) is 26.5. The van der Waals surface area contributed by atoms with Gasteiger partial charge in [-0.3, -0.25) is 0 Å². The van der Waals surface area contributed by atoms with Crippen LogP contribution in [0.5, 0.6) is 0 Å². The molecule has 0 aromatic heterocycles.